The number of anilines is 1. The van der Waals surface area contributed by atoms with Crippen LogP contribution in [0.25, 0.3) is 5.76 Å². The van der Waals surface area contributed by atoms with Crippen LogP contribution >= 0.6 is 0 Å². The predicted molar refractivity (Wildman–Crippen MR) is 143 cm³/mol. The minimum absolute atomic E-state index is 0.00339. The van der Waals surface area contributed by atoms with Crippen LogP contribution in [0.2, 0.25) is 0 Å². The average molecular weight is 568 g/mol. The second kappa shape index (κ2) is 9.81. The number of likely N-dealkylation sites (N-methyl/N-ethyl adjacent to an activating group) is 1. The Morgan fingerprint density at radius 2 is 1.80 bits per heavy atom. The Balaban J connectivity index is 1.53. The van der Waals surface area contributed by atoms with Crippen LogP contribution in [0.3, 0.4) is 0 Å². The van der Waals surface area contributed by atoms with Crippen molar-refractivity contribution in [2.75, 3.05) is 51.4 Å². The van der Waals surface area contributed by atoms with Gasteiger partial charge in [0.1, 0.15) is 5.76 Å². The molecule has 40 heavy (non-hydrogen) atoms. The van der Waals surface area contributed by atoms with Crippen LogP contribution in [0.4, 0.5) is 5.69 Å². The van der Waals surface area contributed by atoms with E-state index in [1.54, 1.807) is 31.3 Å². The highest BCUT2D eigenvalue weighted by Crippen LogP contribution is 2.53. The van der Waals surface area contributed by atoms with Crippen molar-refractivity contribution in [2.45, 2.75) is 29.4 Å². The van der Waals surface area contributed by atoms with Crippen molar-refractivity contribution in [2.24, 2.45) is 0 Å². The van der Waals surface area contributed by atoms with Gasteiger partial charge in [-0.15, -0.1) is 0 Å². The molecular weight excluding hydrogens is 538 g/mol. The topological polar surface area (TPSA) is 134 Å². The molecule has 4 aliphatic rings. The summed E-state index contributed by atoms with van der Waals surface area (Å²) >= 11 is 0. The van der Waals surface area contributed by atoms with E-state index in [0.717, 1.165) is 6.42 Å². The van der Waals surface area contributed by atoms with Gasteiger partial charge in [0.15, 0.2) is 5.54 Å². The molecule has 0 aliphatic carbocycles. The van der Waals surface area contributed by atoms with Gasteiger partial charge in [0.2, 0.25) is 10.0 Å². The van der Waals surface area contributed by atoms with Crippen LogP contribution in [0, 0.1) is 0 Å². The molecule has 0 bridgehead atoms. The fourth-order valence-electron chi connectivity index (χ4n) is 6.10. The number of carbonyl (C=O) groups excluding carboxylic acids is 3. The summed E-state index contributed by atoms with van der Waals surface area (Å²) in [7, 11) is -2.37. The normalized spacial score (nSPS) is 26.7. The first-order valence-electron chi connectivity index (χ1n) is 13.2. The number of amides is 2. The van der Waals surface area contributed by atoms with Gasteiger partial charge in [-0.25, -0.2) is 8.42 Å². The molecule has 11 nitrogen and oxygen atoms in total. The highest BCUT2D eigenvalue weighted by Gasteiger charge is 2.67. The summed E-state index contributed by atoms with van der Waals surface area (Å²) in [6, 6.07) is 12.4. The molecule has 0 saturated carbocycles. The number of benzene rings is 2. The Labute approximate surface area is 231 Å². The van der Waals surface area contributed by atoms with Crippen molar-refractivity contribution in [3.8, 4) is 0 Å². The summed E-state index contributed by atoms with van der Waals surface area (Å²) < 4.78 is 39.0. The van der Waals surface area contributed by atoms with Crippen molar-refractivity contribution in [1.29, 1.82) is 0 Å². The molecule has 1 spiro atoms. The van der Waals surface area contributed by atoms with E-state index in [4.69, 9.17) is 9.47 Å². The Morgan fingerprint density at radius 3 is 2.52 bits per heavy atom. The molecule has 4 heterocycles. The third kappa shape index (κ3) is 3.81. The highest BCUT2D eigenvalue weighted by atomic mass is 32.2. The van der Waals surface area contributed by atoms with Crippen LogP contribution < -0.4 is 4.90 Å². The SMILES string of the molecule is CN1C(=O)C2(/C(=C(/O)c3cccc(S(=O)(=O)N4CCOCC4)c3)C(=O)C(=O)N2CC2CCCO2)c2ccccc21. The summed E-state index contributed by atoms with van der Waals surface area (Å²) in [5.74, 6) is -3.13. The smallest absolute Gasteiger partial charge is 0.296 e. The lowest BCUT2D eigenvalue weighted by atomic mass is 9.81. The second-order valence-electron chi connectivity index (χ2n) is 10.2. The van der Waals surface area contributed by atoms with E-state index < -0.39 is 44.5 Å². The van der Waals surface area contributed by atoms with E-state index in [1.807, 2.05) is 0 Å². The number of fused-ring (bicyclic) bond motifs is 2. The molecule has 0 aromatic heterocycles. The maximum atomic E-state index is 14.1. The predicted octanol–water partition coefficient (Wildman–Crippen LogP) is 1.44. The van der Waals surface area contributed by atoms with Crippen molar-refractivity contribution in [3.05, 3.63) is 65.2 Å². The monoisotopic (exact) mass is 567 g/mol. The van der Waals surface area contributed by atoms with E-state index in [-0.39, 0.29) is 49.4 Å². The maximum Gasteiger partial charge on any atom is 0.296 e. The fraction of sp³-hybridized carbons (Fsp3) is 0.393. The molecule has 210 valence electrons. The lowest BCUT2D eigenvalue weighted by Crippen LogP contribution is -2.53. The van der Waals surface area contributed by atoms with Gasteiger partial charge in [0, 0.05) is 50.1 Å². The number of morpholine rings is 1. The third-order valence-electron chi connectivity index (χ3n) is 8.06. The Kier molecular flexibility index (Phi) is 6.53. The molecule has 2 aromatic rings. The van der Waals surface area contributed by atoms with Crippen LogP contribution in [-0.2, 0) is 39.4 Å². The van der Waals surface area contributed by atoms with E-state index in [9.17, 15) is 27.9 Å². The third-order valence-corrected chi connectivity index (χ3v) is 9.96. The van der Waals surface area contributed by atoms with Crippen molar-refractivity contribution >= 4 is 39.1 Å². The van der Waals surface area contributed by atoms with Gasteiger partial charge in [-0.1, -0.05) is 30.3 Å². The van der Waals surface area contributed by atoms with Crippen molar-refractivity contribution < 1.29 is 37.4 Å². The van der Waals surface area contributed by atoms with Crippen LogP contribution in [0.5, 0.6) is 0 Å². The molecule has 2 amide bonds. The largest absolute Gasteiger partial charge is 0.507 e. The van der Waals surface area contributed by atoms with Gasteiger partial charge in [0.25, 0.3) is 17.6 Å². The quantitative estimate of drug-likeness (QED) is 0.326. The molecule has 2 aromatic carbocycles. The molecular formula is C28H29N3O8S. The zero-order chi connectivity index (χ0) is 28.2. The number of hydrogen-bond acceptors (Lipinski definition) is 8. The highest BCUT2D eigenvalue weighted by molar-refractivity contribution is 7.89. The molecule has 0 radical (unpaired) electrons. The number of para-hydroxylation sites is 1. The van der Waals surface area contributed by atoms with Crippen LogP contribution in [0.1, 0.15) is 24.0 Å². The van der Waals surface area contributed by atoms with Crippen molar-refractivity contribution in [1.82, 2.24) is 9.21 Å². The molecule has 4 aliphatic heterocycles. The number of carbonyl (C=O) groups is 3. The number of ketones is 1. The number of Topliss-reactive ketones (excluding diaryl/α,β-unsaturated/α-hetero) is 1. The first kappa shape index (κ1) is 26.6. The number of aliphatic hydroxyl groups excluding tert-OH is 1. The number of aliphatic hydroxyl groups is 1. The molecule has 1 N–H and O–H groups in total. The van der Waals surface area contributed by atoms with Gasteiger partial charge in [-0.3, -0.25) is 14.4 Å². The summed E-state index contributed by atoms with van der Waals surface area (Å²) in [6.07, 6.45) is 1.07. The van der Waals surface area contributed by atoms with E-state index in [1.165, 1.54) is 38.4 Å². The Bertz CT molecular complexity index is 1540. The van der Waals surface area contributed by atoms with Gasteiger partial charge in [0.05, 0.1) is 29.8 Å². The molecule has 12 heteroatoms. The van der Waals surface area contributed by atoms with E-state index in [0.29, 0.717) is 24.3 Å². The summed E-state index contributed by atoms with van der Waals surface area (Å²) in [4.78, 5) is 43.9. The Hall–Kier alpha value is -3.58. The number of rotatable bonds is 5. The maximum absolute atomic E-state index is 14.1. The number of nitrogens with zero attached hydrogens (tertiary/aromatic N) is 3. The van der Waals surface area contributed by atoms with Gasteiger partial charge < -0.3 is 24.4 Å². The first-order valence-corrected chi connectivity index (χ1v) is 14.6. The second-order valence-corrected chi connectivity index (χ2v) is 12.2. The number of ether oxygens (including phenoxy) is 2. The minimum atomic E-state index is -3.92. The van der Waals surface area contributed by atoms with E-state index >= 15 is 0 Å². The standard InChI is InChI=1S/C28H29N3O8S/c1-29-22-10-3-2-9-21(22)28(27(29)35)23(25(33)26(34)31(28)17-19-7-5-13-39-19)24(32)18-6-4-8-20(16-18)40(36,37)30-11-14-38-15-12-30/h2-4,6,8-10,16,19,32H,5,7,11-15,17H2,1H3/b24-23+. The Morgan fingerprint density at radius 1 is 1.05 bits per heavy atom. The van der Waals surface area contributed by atoms with Gasteiger partial charge >= 0.3 is 0 Å². The van der Waals surface area contributed by atoms with Crippen LogP contribution in [-0.4, -0.2) is 92.9 Å². The fourth-order valence-corrected chi connectivity index (χ4v) is 7.55. The lowest BCUT2D eigenvalue weighted by molar-refractivity contribution is -0.145. The zero-order valence-electron chi connectivity index (χ0n) is 21.9. The molecule has 3 fully saturated rings. The number of likely N-dealkylation sites (tertiary alicyclic amines) is 1. The number of hydrogen-bond donors (Lipinski definition) is 1. The van der Waals surface area contributed by atoms with Crippen LogP contribution in [0.15, 0.2) is 59.0 Å². The summed E-state index contributed by atoms with van der Waals surface area (Å²) in [5.41, 5.74) is -1.42. The van der Waals surface area contributed by atoms with Crippen molar-refractivity contribution in [3.63, 3.8) is 0 Å². The van der Waals surface area contributed by atoms with Gasteiger partial charge in [-0.05, 0) is 31.0 Å². The molecule has 6 rings (SSSR count). The molecule has 2 unspecified atom stereocenters. The molecule has 3 saturated heterocycles. The molecule has 2 atom stereocenters. The summed E-state index contributed by atoms with van der Waals surface area (Å²) in [5, 5.41) is 11.7. The lowest BCUT2D eigenvalue weighted by Gasteiger charge is -2.35. The van der Waals surface area contributed by atoms with Gasteiger partial charge in [-0.2, -0.15) is 4.31 Å². The minimum Gasteiger partial charge on any atom is -0.507 e. The number of sulfonamides is 1. The first-order chi connectivity index (χ1) is 19.2. The summed E-state index contributed by atoms with van der Waals surface area (Å²) in [6.45, 7) is 1.40. The zero-order valence-corrected chi connectivity index (χ0v) is 22.7. The average Bonchev–Trinajstić information content (AvgIpc) is 3.63. The van der Waals surface area contributed by atoms with E-state index in [2.05, 4.69) is 0 Å².